The van der Waals surface area contributed by atoms with Crippen LogP contribution < -0.4 is 15.4 Å². The third-order valence-corrected chi connectivity index (χ3v) is 4.66. The number of carbonyl (C=O) groups excluding carboxylic acids is 2. The maximum Gasteiger partial charge on any atom is 0.323 e. The predicted octanol–water partition coefficient (Wildman–Crippen LogP) is 3.17. The average Bonchev–Trinajstić information content (AvgIpc) is 2.69. The number of aromatic nitrogens is 1. The Kier molecular flexibility index (Phi) is 6.26. The number of urea groups is 1. The second kappa shape index (κ2) is 8.85. The summed E-state index contributed by atoms with van der Waals surface area (Å²) in [4.78, 5) is 29.3. The monoisotopic (exact) mass is 404 g/mol. The van der Waals surface area contributed by atoms with E-state index in [4.69, 9.17) is 4.74 Å². The molecule has 1 saturated heterocycles. The molecule has 3 rings (SSSR count). The van der Waals surface area contributed by atoms with Crippen LogP contribution in [0.25, 0.3) is 11.1 Å². The van der Waals surface area contributed by atoms with Crippen molar-refractivity contribution in [3.8, 4) is 16.9 Å². The average molecular weight is 404 g/mol. The van der Waals surface area contributed by atoms with Gasteiger partial charge in [-0.05, 0) is 31.0 Å². The van der Waals surface area contributed by atoms with Crippen molar-refractivity contribution in [2.75, 3.05) is 25.5 Å². The Morgan fingerprint density at radius 3 is 2.76 bits per heavy atom. The number of benzene rings is 1. The highest BCUT2D eigenvalue weighted by Crippen LogP contribution is 2.33. The summed E-state index contributed by atoms with van der Waals surface area (Å²) in [6, 6.07) is 4.64. The molecule has 1 fully saturated rings. The Balaban J connectivity index is 1.78. The van der Waals surface area contributed by atoms with E-state index in [0.717, 1.165) is 25.1 Å². The van der Waals surface area contributed by atoms with Gasteiger partial charge in [-0.2, -0.15) is 0 Å². The topological polar surface area (TPSA) is 83.6 Å². The largest absolute Gasteiger partial charge is 0.496 e. The molecule has 1 aromatic heterocycles. The molecule has 0 radical (unpaired) electrons. The van der Waals surface area contributed by atoms with E-state index >= 15 is 0 Å². The van der Waals surface area contributed by atoms with Gasteiger partial charge in [0.05, 0.1) is 13.3 Å². The number of pyridine rings is 1. The number of carbonyl (C=O) groups is 2. The first-order valence-corrected chi connectivity index (χ1v) is 9.20. The molecule has 1 aromatic carbocycles. The molecule has 9 heteroatoms. The van der Waals surface area contributed by atoms with Crippen LogP contribution in [0.3, 0.4) is 0 Å². The van der Waals surface area contributed by atoms with Crippen molar-refractivity contribution in [3.63, 3.8) is 0 Å². The van der Waals surface area contributed by atoms with Crippen LogP contribution in [0.15, 0.2) is 30.5 Å². The first-order chi connectivity index (χ1) is 13.9. The van der Waals surface area contributed by atoms with Gasteiger partial charge in [0.1, 0.15) is 23.2 Å². The van der Waals surface area contributed by atoms with E-state index in [1.807, 2.05) is 0 Å². The van der Waals surface area contributed by atoms with Crippen LogP contribution in [0.4, 0.5) is 19.4 Å². The standard InChI is InChI=1S/C20H22F2N4O3/c1-12(27)24-14-4-3-7-26(11-14)20(28)25-19-9-16(17(22)10-23-19)15-6-5-13(21)8-18(15)29-2/h5-6,8-10,14H,3-4,7,11H2,1-2H3,(H,24,27)(H,23,25,28)/t14-/m1/s1. The van der Waals surface area contributed by atoms with E-state index in [1.165, 1.54) is 32.2 Å². The van der Waals surface area contributed by atoms with Crippen molar-refractivity contribution in [2.24, 2.45) is 0 Å². The second-order valence-electron chi connectivity index (χ2n) is 6.81. The van der Waals surface area contributed by atoms with E-state index in [-0.39, 0.29) is 29.1 Å². The highest BCUT2D eigenvalue weighted by atomic mass is 19.1. The maximum absolute atomic E-state index is 14.4. The lowest BCUT2D eigenvalue weighted by atomic mass is 10.0. The molecule has 0 unspecified atom stereocenters. The number of nitrogens with one attached hydrogen (secondary N) is 2. The van der Waals surface area contributed by atoms with Gasteiger partial charge >= 0.3 is 6.03 Å². The van der Waals surface area contributed by atoms with Crippen LogP contribution in [0, 0.1) is 11.6 Å². The van der Waals surface area contributed by atoms with Gasteiger partial charge < -0.3 is 15.0 Å². The molecule has 1 aliphatic rings. The van der Waals surface area contributed by atoms with Crippen LogP contribution in [0.5, 0.6) is 5.75 Å². The highest BCUT2D eigenvalue weighted by Gasteiger charge is 2.24. The Labute approximate surface area is 167 Å². The maximum atomic E-state index is 14.4. The molecule has 0 saturated carbocycles. The summed E-state index contributed by atoms with van der Waals surface area (Å²) in [6.45, 7) is 2.36. The Bertz CT molecular complexity index is 923. The molecule has 2 aromatic rings. The summed E-state index contributed by atoms with van der Waals surface area (Å²) in [5.74, 6) is -0.958. The first kappa shape index (κ1) is 20.5. The molecule has 3 amide bonds. The minimum atomic E-state index is -0.628. The Hall–Kier alpha value is -3.23. The summed E-state index contributed by atoms with van der Waals surface area (Å²) in [5.41, 5.74) is 0.468. The van der Waals surface area contributed by atoms with Crippen LogP contribution >= 0.6 is 0 Å². The summed E-state index contributed by atoms with van der Waals surface area (Å²) in [6.07, 6.45) is 2.55. The molecule has 29 heavy (non-hydrogen) atoms. The van der Waals surface area contributed by atoms with Gasteiger partial charge in [0.25, 0.3) is 0 Å². The number of hydrogen-bond donors (Lipinski definition) is 2. The number of halogens is 2. The van der Waals surface area contributed by atoms with Gasteiger partial charge in [0.15, 0.2) is 0 Å². The van der Waals surface area contributed by atoms with Crippen molar-refractivity contribution in [3.05, 3.63) is 42.1 Å². The molecule has 1 atom stereocenters. The van der Waals surface area contributed by atoms with E-state index in [2.05, 4.69) is 15.6 Å². The quantitative estimate of drug-likeness (QED) is 0.820. The second-order valence-corrected chi connectivity index (χ2v) is 6.81. The molecule has 0 bridgehead atoms. The zero-order valence-corrected chi connectivity index (χ0v) is 16.2. The normalized spacial score (nSPS) is 16.3. The fourth-order valence-electron chi connectivity index (χ4n) is 3.36. The van der Waals surface area contributed by atoms with Crippen molar-refractivity contribution in [1.29, 1.82) is 0 Å². The molecule has 0 spiro atoms. The zero-order valence-electron chi connectivity index (χ0n) is 16.2. The van der Waals surface area contributed by atoms with Gasteiger partial charge in [-0.25, -0.2) is 18.6 Å². The molecular formula is C20H22F2N4O3. The van der Waals surface area contributed by atoms with Crippen LogP contribution in [-0.4, -0.2) is 48.1 Å². The lowest BCUT2D eigenvalue weighted by Gasteiger charge is -2.32. The number of hydrogen-bond acceptors (Lipinski definition) is 4. The zero-order chi connectivity index (χ0) is 21.0. The minimum absolute atomic E-state index is 0.104. The SMILES string of the molecule is COc1cc(F)ccc1-c1cc(NC(=O)N2CCC[C@@H](NC(C)=O)C2)ncc1F. The molecule has 2 heterocycles. The Morgan fingerprint density at radius 2 is 2.03 bits per heavy atom. The molecule has 154 valence electrons. The van der Waals surface area contributed by atoms with E-state index in [0.29, 0.717) is 18.7 Å². The van der Waals surface area contributed by atoms with Crippen LogP contribution in [-0.2, 0) is 4.79 Å². The number of amides is 3. The number of rotatable bonds is 4. The van der Waals surface area contributed by atoms with E-state index in [9.17, 15) is 18.4 Å². The first-order valence-electron chi connectivity index (χ1n) is 9.20. The van der Waals surface area contributed by atoms with Crippen molar-refractivity contribution in [2.45, 2.75) is 25.8 Å². The number of ether oxygens (including phenoxy) is 1. The van der Waals surface area contributed by atoms with E-state index < -0.39 is 17.7 Å². The third-order valence-electron chi connectivity index (χ3n) is 4.66. The van der Waals surface area contributed by atoms with Gasteiger partial charge in [0, 0.05) is 43.2 Å². The summed E-state index contributed by atoms with van der Waals surface area (Å²) in [5, 5.41) is 5.47. The molecule has 0 aliphatic carbocycles. The van der Waals surface area contributed by atoms with Crippen molar-refractivity contribution < 1.29 is 23.1 Å². The fraction of sp³-hybridized carbons (Fsp3) is 0.350. The number of methoxy groups -OCH3 is 1. The van der Waals surface area contributed by atoms with Crippen LogP contribution in [0.2, 0.25) is 0 Å². The predicted molar refractivity (Wildman–Crippen MR) is 104 cm³/mol. The minimum Gasteiger partial charge on any atom is -0.496 e. The molecule has 2 N–H and O–H groups in total. The highest BCUT2D eigenvalue weighted by molar-refractivity contribution is 5.89. The smallest absolute Gasteiger partial charge is 0.323 e. The number of anilines is 1. The van der Waals surface area contributed by atoms with Crippen molar-refractivity contribution >= 4 is 17.8 Å². The lowest BCUT2D eigenvalue weighted by molar-refractivity contribution is -0.119. The molecule has 1 aliphatic heterocycles. The summed E-state index contributed by atoms with van der Waals surface area (Å²) >= 11 is 0. The molecular weight excluding hydrogens is 382 g/mol. The van der Waals surface area contributed by atoms with Gasteiger partial charge in [-0.15, -0.1) is 0 Å². The third kappa shape index (κ3) is 4.98. The number of piperidine rings is 1. The number of likely N-dealkylation sites (tertiary alicyclic amines) is 1. The Morgan fingerprint density at radius 1 is 1.24 bits per heavy atom. The summed E-state index contributed by atoms with van der Waals surface area (Å²) in [7, 11) is 1.36. The van der Waals surface area contributed by atoms with E-state index in [1.54, 1.807) is 4.90 Å². The van der Waals surface area contributed by atoms with Gasteiger partial charge in [0.2, 0.25) is 5.91 Å². The number of nitrogens with zero attached hydrogens (tertiary/aromatic N) is 2. The summed E-state index contributed by atoms with van der Waals surface area (Å²) < 4.78 is 32.9. The van der Waals surface area contributed by atoms with Crippen molar-refractivity contribution in [1.82, 2.24) is 15.2 Å². The molecule has 7 nitrogen and oxygen atoms in total. The van der Waals surface area contributed by atoms with Gasteiger partial charge in [-0.1, -0.05) is 0 Å². The fourth-order valence-corrected chi connectivity index (χ4v) is 3.36. The van der Waals surface area contributed by atoms with Gasteiger partial charge in [-0.3, -0.25) is 10.1 Å². The lowest BCUT2D eigenvalue weighted by Crippen LogP contribution is -2.50. The van der Waals surface area contributed by atoms with Crippen LogP contribution in [0.1, 0.15) is 19.8 Å².